The number of hydrogen-bond donors (Lipinski definition) is 2. The number of carbonyl (C=O) groups is 1. The summed E-state index contributed by atoms with van der Waals surface area (Å²) in [6.45, 7) is 6.78. The molecule has 0 radical (unpaired) electrons. The van der Waals surface area contributed by atoms with Crippen LogP contribution in [0.4, 0.5) is 0 Å². The molecule has 2 N–H and O–H groups in total. The van der Waals surface area contributed by atoms with Gasteiger partial charge in [0.1, 0.15) is 6.61 Å². The van der Waals surface area contributed by atoms with Crippen LogP contribution in [0.3, 0.4) is 0 Å². The van der Waals surface area contributed by atoms with Gasteiger partial charge in [-0.3, -0.25) is 4.90 Å². The number of piperazine rings is 1. The number of benzene rings is 1. The highest BCUT2D eigenvalue weighted by molar-refractivity contribution is 5.93. The number of fused-ring (bicyclic) bond motifs is 1. The van der Waals surface area contributed by atoms with E-state index in [1.807, 2.05) is 13.0 Å². The summed E-state index contributed by atoms with van der Waals surface area (Å²) in [5.41, 5.74) is 3.45. The summed E-state index contributed by atoms with van der Waals surface area (Å²) in [7, 11) is 0. The molecule has 2 heterocycles. The van der Waals surface area contributed by atoms with Gasteiger partial charge in [-0.2, -0.15) is 0 Å². The molecule has 0 aliphatic carbocycles. The van der Waals surface area contributed by atoms with Crippen LogP contribution < -0.4 is 5.32 Å². The molecular formula is C15H21ClN2O3. The Hall–Kier alpha value is -1.14. The van der Waals surface area contributed by atoms with Crippen molar-refractivity contribution in [2.24, 2.45) is 0 Å². The number of cyclic esters (lactones) is 1. The smallest absolute Gasteiger partial charge is 0.338 e. The Labute approximate surface area is 130 Å². The third kappa shape index (κ3) is 3.21. The molecule has 1 aromatic carbocycles. The molecule has 116 valence electrons. The highest BCUT2D eigenvalue weighted by atomic mass is 35.5. The molecule has 0 spiro atoms. The predicted octanol–water partition coefficient (Wildman–Crippen LogP) is 1.03. The van der Waals surface area contributed by atoms with Crippen molar-refractivity contribution in [3.63, 3.8) is 0 Å². The van der Waals surface area contributed by atoms with Crippen LogP contribution in [0.2, 0.25) is 0 Å². The average Bonchev–Trinajstić information content (AvgIpc) is 2.83. The van der Waals surface area contributed by atoms with E-state index < -0.39 is 6.10 Å². The van der Waals surface area contributed by atoms with E-state index in [4.69, 9.17) is 4.74 Å². The van der Waals surface area contributed by atoms with Gasteiger partial charge in [0.15, 0.2) is 0 Å². The number of aliphatic hydroxyl groups is 1. The molecule has 2 aliphatic rings. The number of halogens is 1. The Morgan fingerprint density at radius 3 is 2.81 bits per heavy atom. The lowest BCUT2D eigenvalue weighted by Crippen LogP contribution is -2.45. The molecule has 2 aliphatic heterocycles. The summed E-state index contributed by atoms with van der Waals surface area (Å²) in [6, 6.07) is 3.63. The molecular weight excluding hydrogens is 292 g/mol. The molecule has 3 rings (SSSR count). The van der Waals surface area contributed by atoms with Crippen molar-refractivity contribution >= 4 is 18.4 Å². The fourth-order valence-electron chi connectivity index (χ4n) is 2.97. The summed E-state index contributed by atoms with van der Waals surface area (Å²) in [5, 5.41) is 13.8. The summed E-state index contributed by atoms with van der Waals surface area (Å²) < 4.78 is 5.05. The maximum absolute atomic E-state index is 11.5. The zero-order chi connectivity index (χ0) is 14.1. The van der Waals surface area contributed by atoms with Gasteiger partial charge >= 0.3 is 5.97 Å². The molecule has 0 aromatic heterocycles. The minimum absolute atomic E-state index is 0. The average molecular weight is 313 g/mol. The van der Waals surface area contributed by atoms with E-state index in [2.05, 4.69) is 10.2 Å². The topological polar surface area (TPSA) is 61.8 Å². The van der Waals surface area contributed by atoms with Crippen molar-refractivity contribution in [1.82, 2.24) is 10.2 Å². The zero-order valence-electron chi connectivity index (χ0n) is 12.1. The Morgan fingerprint density at radius 1 is 1.38 bits per heavy atom. The summed E-state index contributed by atoms with van der Waals surface area (Å²) in [4.78, 5) is 13.8. The second kappa shape index (κ2) is 6.75. The molecule has 6 heteroatoms. The van der Waals surface area contributed by atoms with Crippen molar-refractivity contribution in [1.29, 1.82) is 0 Å². The second-order valence-electron chi connectivity index (χ2n) is 5.45. The third-order valence-corrected chi connectivity index (χ3v) is 4.21. The van der Waals surface area contributed by atoms with E-state index >= 15 is 0 Å². The Balaban J connectivity index is 0.00000161. The quantitative estimate of drug-likeness (QED) is 0.816. The van der Waals surface area contributed by atoms with Gasteiger partial charge in [-0.15, -0.1) is 12.4 Å². The van der Waals surface area contributed by atoms with Gasteiger partial charge in [0.2, 0.25) is 0 Å². The Morgan fingerprint density at radius 2 is 2.10 bits per heavy atom. The number of aliphatic hydroxyl groups excluding tert-OH is 1. The van der Waals surface area contributed by atoms with E-state index in [0.29, 0.717) is 18.7 Å². The fourth-order valence-corrected chi connectivity index (χ4v) is 2.97. The van der Waals surface area contributed by atoms with E-state index in [-0.39, 0.29) is 18.4 Å². The van der Waals surface area contributed by atoms with Crippen LogP contribution in [-0.2, 0) is 11.3 Å². The monoisotopic (exact) mass is 312 g/mol. The van der Waals surface area contributed by atoms with Crippen LogP contribution in [0.1, 0.15) is 33.2 Å². The first-order chi connectivity index (χ1) is 9.66. The maximum atomic E-state index is 11.5. The minimum atomic E-state index is -0.519. The summed E-state index contributed by atoms with van der Waals surface area (Å²) in [6.07, 6.45) is -0.519. The predicted molar refractivity (Wildman–Crippen MR) is 81.8 cm³/mol. The molecule has 1 atom stereocenters. The van der Waals surface area contributed by atoms with Gasteiger partial charge in [0.05, 0.1) is 11.7 Å². The maximum Gasteiger partial charge on any atom is 0.338 e. The number of ether oxygens (including phenoxy) is 1. The van der Waals surface area contributed by atoms with Gasteiger partial charge in [0, 0.05) is 38.3 Å². The van der Waals surface area contributed by atoms with Gasteiger partial charge in [-0.25, -0.2) is 4.79 Å². The van der Waals surface area contributed by atoms with Crippen molar-refractivity contribution in [2.45, 2.75) is 19.6 Å². The molecule has 21 heavy (non-hydrogen) atoms. The van der Waals surface area contributed by atoms with Crippen molar-refractivity contribution in [2.75, 3.05) is 32.7 Å². The molecule has 0 saturated carbocycles. The first-order valence-electron chi connectivity index (χ1n) is 7.07. The van der Waals surface area contributed by atoms with E-state index in [1.165, 1.54) is 0 Å². The standard InChI is InChI=1S/C15H20N2O3.ClH/c1-10-11(2-3-12-13(10)9-20-15(12)19)14(18)8-17-6-4-16-5-7-17;/h2-3,14,16,18H,4-9H2,1H3;1H/t14-;/m0./s1. The van der Waals surface area contributed by atoms with E-state index in [0.717, 1.165) is 42.9 Å². The number of rotatable bonds is 3. The van der Waals surface area contributed by atoms with Gasteiger partial charge in [-0.1, -0.05) is 6.07 Å². The lowest BCUT2D eigenvalue weighted by Gasteiger charge is -2.29. The third-order valence-electron chi connectivity index (χ3n) is 4.21. The zero-order valence-corrected chi connectivity index (χ0v) is 12.9. The number of nitrogens with zero attached hydrogens (tertiary/aromatic N) is 1. The SMILES string of the molecule is Cc1c([C@@H](O)CN2CCNCC2)ccc2c1COC2=O.Cl. The lowest BCUT2D eigenvalue weighted by atomic mass is 9.95. The summed E-state index contributed by atoms with van der Waals surface area (Å²) in [5.74, 6) is -0.258. The minimum Gasteiger partial charge on any atom is -0.457 e. The molecule has 1 fully saturated rings. The number of esters is 1. The number of β-amino-alcohol motifs (C(OH)–C–C–N with tert-alkyl or cyclic N) is 1. The fraction of sp³-hybridized carbons (Fsp3) is 0.533. The van der Waals surface area contributed by atoms with E-state index in [1.54, 1.807) is 6.07 Å². The first-order valence-corrected chi connectivity index (χ1v) is 7.07. The molecule has 1 aromatic rings. The van der Waals surface area contributed by atoms with Gasteiger partial charge in [-0.05, 0) is 24.1 Å². The van der Waals surface area contributed by atoms with E-state index in [9.17, 15) is 9.90 Å². The van der Waals surface area contributed by atoms with Gasteiger partial charge in [0.25, 0.3) is 0 Å². The lowest BCUT2D eigenvalue weighted by molar-refractivity contribution is 0.0535. The molecule has 1 saturated heterocycles. The van der Waals surface area contributed by atoms with Crippen molar-refractivity contribution < 1.29 is 14.6 Å². The number of nitrogens with one attached hydrogen (secondary N) is 1. The highest BCUT2D eigenvalue weighted by Crippen LogP contribution is 2.29. The number of carbonyl (C=O) groups excluding carboxylic acids is 1. The van der Waals surface area contributed by atoms with Crippen LogP contribution in [0.15, 0.2) is 12.1 Å². The molecule has 0 amide bonds. The van der Waals surface area contributed by atoms with Crippen LogP contribution in [0.5, 0.6) is 0 Å². The van der Waals surface area contributed by atoms with Crippen LogP contribution in [-0.4, -0.2) is 48.7 Å². The molecule has 0 unspecified atom stereocenters. The first kappa shape index (κ1) is 16.2. The molecule has 5 nitrogen and oxygen atoms in total. The van der Waals surface area contributed by atoms with Gasteiger partial charge < -0.3 is 15.2 Å². The molecule has 0 bridgehead atoms. The normalized spacial score (nSPS) is 19.6. The van der Waals surface area contributed by atoms with Crippen molar-refractivity contribution in [3.8, 4) is 0 Å². The Kier molecular flexibility index (Phi) is 5.22. The second-order valence-corrected chi connectivity index (χ2v) is 5.45. The van der Waals surface area contributed by atoms with Crippen LogP contribution >= 0.6 is 12.4 Å². The Bertz CT molecular complexity index is 530. The van der Waals surface area contributed by atoms with Crippen molar-refractivity contribution in [3.05, 3.63) is 34.4 Å². The highest BCUT2D eigenvalue weighted by Gasteiger charge is 2.26. The largest absolute Gasteiger partial charge is 0.457 e. The number of hydrogen-bond acceptors (Lipinski definition) is 5. The van der Waals surface area contributed by atoms with Crippen LogP contribution in [0, 0.1) is 6.92 Å². The summed E-state index contributed by atoms with van der Waals surface area (Å²) >= 11 is 0. The van der Waals surface area contributed by atoms with Crippen LogP contribution in [0.25, 0.3) is 0 Å².